The fourth-order valence-corrected chi connectivity index (χ4v) is 1.45. The average Bonchev–Trinajstić information content (AvgIpc) is 2.79. The molecule has 6 heteroatoms. The zero-order valence-corrected chi connectivity index (χ0v) is 10.2. The zero-order chi connectivity index (χ0) is 13.0. The maximum atomic E-state index is 11.4. The van der Waals surface area contributed by atoms with Gasteiger partial charge in [0.05, 0.1) is 17.6 Å². The Morgan fingerprint density at radius 1 is 1.61 bits per heavy atom. The van der Waals surface area contributed by atoms with Crippen LogP contribution in [0.15, 0.2) is 30.1 Å². The number of esters is 1. The molecule has 2 N–H and O–H groups in total. The number of fused-ring (bicyclic) bond motifs is 1. The van der Waals surface area contributed by atoms with Crippen molar-refractivity contribution in [3.8, 4) is 0 Å². The lowest BCUT2D eigenvalue weighted by molar-refractivity contribution is -0.138. The van der Waals surface area contributed by atoms with Gasteiger partial charge in [-0.25, -0.2) is 9.78 Å². The highest BCUT2D eigenvalue weighted by Crippen LogP contribution is 2.17. The second-order valence-corrected chi connectivity index (χ2v) is 3.66. The number of aromatic nitrogens is 3. The molecule has 0 fully saturated rings. The lowest BCUT2D eigenvalue weighted by Crippen LogP contribution is -2.06. The van der Waals surface area contributed by atoms with E-state index in [9.17, 15) is 4.79 Å². The summed E-state index contributed by atoms with van der Waals surface area (Å²) in [6, 6.07) is 3.71. The number of pyridine rings is 1. The number of nitrogens with one attached hydrogen (secondary N) is 2. The number of aromatic amines is 1. The van der Waals surface area contributed by atoms with Gasteiger partial charge in [0.15, 0.2) is 11.5 Å². The first kappa shape index (κ1) is 12.1. The molecule has 0 spiro atoms. The van der Waals surface area contributed by atoms with Crippen molar-refractivity contribution in [1.29, 1.82) is 0 Å². The summed E-state index contributed by atoms with van der Waals surface area (Å²) in [5.41, 5.74) is 1.18. The van der Waals surface area contributed by atoms with Crippen LogP contribution in [-0.4, -0.2) is 27.8 Å². The van der Waals surface area contributed by atoms with Crippen LogP contribution in [-0.2, 0) is 9.53 Å². The lowest BCUT2D eigenvalue weighted by atomic mass is 10.3. The van der Waals surface area contributed by atoms with E-state index in [1.807, 2.05) is 12.1 Å². The van der Waals surface area contributed by atoms with Gasteiger partial charge in [-0.2, -0.15) is 5.10 Å². The molecule has 0 aliphatic carbocycles. The maximum Gasteiger partial charge on any atom is 0.335 e. The van der Waals surface area contributed by atoms with Gasteiger partial charge >= 0.3 is 5.97 Å². The Kier molecular flexibility index (Phi) is 3.57. The van der Waals surface area contributed by atoms with E-state index in [-0.39, 0.29) is 5.97 Å². The second-order valence-electron chi connectivity index (χ2n) is 3.66. The summed E-state index contributed by atoms with van der Waals surface area (Å²) in [5, 5.41) is 10.7. The number of carbonyl (C=O) groups excluding carboxylic acids is 1. The van der Waals surface area contributed by atoms with Gasteiger partial charge in [-0.15, -0.1) is 0 Å². The van der Waals surface area contributed by atoms with Crippen molar-refractivity contribution in [1.82, 2.24) is 15.2 Å². The highest BCUT2D eigenvalue weighted by molar-refractivity contribution is 5.90. The number of anilines is 1. The minimum atomic E-state index is -0.344. The van der Waals surface area contributed by atoms with E-state index in [1.165, 1.54) is 0 Å². The Balaban J connectivity index is 2.15. The Morgan fingerprint density at radius 2 is 2.44 bits per heavy atom. The molecule has 0 bridgehead atoms. The molecule has 2 heterocycles. The Bertz CT molecular complexity index is 589. The van der Waals surface area contributed by atoms with Crippen molar-refractivity contribution in [2.75, 3.05) is 11.9 Å². The van der Waals surface area contributed by atoms with Gasteiger partial charge in [0, 0.05) is 12.4 Å². The van der Waals surface area contributed by atoms with Crippen LogP contribution in [0.2, 0.25) is 0 Å². The zero-order valence-electron chi connectivity index (χ0n) is 10.2. The van der Waals surface area contributed by atoms with Crippen molar-refractivity contribution in [2.24, 2.45) is 0 Å². The standard InChI is InChI=1S/C12H14N4O2/c1-3-18-12(17)8(2)7-14-11-9-5-4-6-13-10(9)15-16-11/h4-7H,3H2,1-2H3,(H2,13,14,15,16)/b8-7+. The molecule has 2 aromatic rings. The molecule has 0 aliphatic rings. The van der Waals surface area contributed by atoms with Gasteiger partial charge in [0.2, 0.25) is 0 Å². The topological polar surface area (TPSA) is 79.9 Å². The third-order valence-electron chi connectivity index (χ3n) is 2.36. The van der Waals surface area contributed by atoms with Crippen LogP contribution in [0, 0.1) is 0 Å². The SMILES string of the molecule is CCOC(=O)/C(C)=C/Nc1n[nH]c2ncccc12. The van der Waals surface area contributed by atoms with E-state index >= 15 is 0 Å². The fourth-order valence-electron chi connectivity index (χ4n) is 1.45. The van der Waals surface area contributed by atoms with Gasteiger partial charge in [0.1, 0.15) is 0 Å². The van der Waals surface area contributed by atoms with Gasteiger partial charge in [-0.1, -0.05) is 0 Å². The molecular weight excluding hydrogens is 232 g/mol. The van der Waals surface area contributed by atoms with E-state index in [0.717, 1.165) is 5.39 Å². The average molecular weight is 246 g/mol. The highest BCUT2D eigenvalue weighted by Gasteiger charge is 2.06. The normalized spacial score (nSPS) is 11.6. The molecule has 2 rings (SSSR count). The summed E-state index contributed by atoms with van der Waals surface area (Å²) >= 11 is 0. The first-order chi connectivity index (χ1) is 8.72. The Labute approximate surface area is 104 Å². The number of carbonyl (C=O) groups is 1. The van der Waals surface area contributed by atoms with Crippen molar-refractivity contribution in [3.63, 3.8) is 0 Å². The summed E-state index contributed by atoms with van der Waals surface area (Å²) in [7, 11) is 0. The van der Waals surface area contributed by atoms with E-state index in [2.05, 4.69) is 20.5 Å². The quantitative estimate of drug-likeness (QED) is 0.635. The van der Waals surface area contributed by atoms with Gasteiger partial charge in [-0.05, 0) is 26.0 Å². The van der Waals surface area contributed by atoms with Crippen LogP contribution in [0.4, 0.5) is 5.82 Å². The molecule has 0 radical (unpaired) electrons. The number of H-pyrrole nitrogens is 1. The van der Waals surface area contributed by atoms with E-state index < -0.39 is 0 Å². The number of hydrogen-bond acceptors (Lipinski definition) is 5. The molecule has 2 aromatic heterocycles. The van der Waals surface area contributed by atoms with Gasteiger partial charge in [0.25, 0.3) is 0 Å². The van der Waals surface area contributed by atoms with E-state index in [0.29, 0.717) is 23.6 Å². The first-order valence-electron chi connectivity index (χ1n) is 5.62. The molecule has 0 saturated carbocycles. The molecule has 0 aromatic carbocycles. The van der Waals surface area contributed by atoms with Crippen molar-refractivity contribution < 1.29 is 9.53 Å². The molecule has 94 valence electrons. The number of hydrogen-bond donors (Lipinski definition) is 2. The molecule has 18 heavy (non-hydrogen) atoms. The molecular formula is C12H14N4O2. The molecule has 0 saturated heterocycles. The van der Waals surface area contributed by atoms with Crippen LogP contribution in [0.3, 0.4) is 0 Å². The molecule has 0 unspecified atom stereocenters. The molecule has 0 amide bonds. The van der Waals surface area contributed by atoms with Crippen molar-refractivity contribution in [3.05, 3.63) is 30.1 Å². The maximum absolute atomic E-state index is 11.4. The molecule has 0 aliphatic heterocycles. The summed E-state index contributed by atoms with van der Waals surface area (Å²) in [6.07, 6.45) is 3.25. The Hall–Kier alpha value is -2.37. The smallest absolute Gasteiger partial charge is 0.335 e. The van der Waals surface area contributed by atoms with Crippen LogP contribution >= 0.6 is 0 Å². The van der Waals surface area contributed by atoms with Crippen molar-refractivity contribution in [2.45, 2.75) is 13.8 Å². The number of rotatable bonds is 4. The highest BCUT2D eigenvalue weighted by atomic mass is 16.5. The van der Waals surface area contributed by atoms with Gasteiger partial charge in [-0.3, -0.25) is 5.10 Å². The first-order valence-corrected chi connectivity index (χ1v) is 5.62. The van der Waals surface area contributed by atoms with Crippen LogP contribution < -0.4 is 5.32 Å². The monoisotopic (exact) mass is 246 g/mol. The minimum Gasteiger partial charge on any atom is -0.463 e. The predicted molar refractivity (Wildman–Crippen MR) is 67.9 cm³/mol. The lowest BCUT2D eigenvalue weighted by Gasteiger charge is -2.02. The number of ether oxygens (including phenoxy) is 1. The third kappa shape index (κ3) is 2.48. The second kappa shape index (κ2) is 5.31. The summed E-state index contributed by atoms with van der Waals surface area (Å²) in [4.78, 5) is 15.5. The largest absolute Gasteiger partial charge is 0.463 e. The fraction of sp³-hybridized carbons (Fsp3) is 0.250. The summed E-state index contributed by atoms with van der Waals surface area (Å²) < 4.78 is 4.87. The summed E-state index contributed by atoms with van der Waals surface area (Å²) in [6.45, 7) is 3.81. The molecule has 6 nitrogen and oxygen atoms in total. The van der Waals surface area contributed by atoms with E-state index in [4.69, 9.17) is 4.74 Å². The molecule has 0 atom stereocenters. The van der Waals surface area contributed by atoms with Gasteiger partial charge < -0.3 is 10.1 Å². The van der Waals surface area contributed by atoms with Crippen molar-refractivity contribution >= 4 is 22.8 Å². The summed E-state index contributed by atoms with van der Waals surface area (Å²) in [5.74, 6) is 0.282. The number of nitrogens with zero attached hydrogens (tertiary/aromatic N) is 2. The van der Waals surface area contributed by atoms with Crippen LogP contribution in [0.1, 0.15) is 13.8 Å². The van der Waals surface area contributed by atoms with E-state index in [1.54, 1.807) is 26.2 Å². The Morgan fingerprint density at radius 3 is 3.22 bits per heavy atom. The van der Waals surface area contributed by atoms with Crippen LogP contribution in [0.25, 0.3) is 11.0 Å². The van der Waals surface area contributed by atoms with Crippen LogP contribution in [0.5, 0.6) is 0 Å². The third-order valence-corrected chi connectivity index (χ3v) is 2.36. The minimum absolute atomic E-state index is 0.344. The predicted octanol–water partition coefficient (Wildman–Crippen LogP) is 1.84.